The summed E-state index contributed by atoms with van der Waals surface area (Å²) in [4.78, 5) is 26.7. The Labute approximate surface area is 135 Å². The number of nitrogens with zero attached hydrogens (tertiary/aromatic N) is 2. The number of hydrogen-bond acceptors (Lipinski definition) is 6. The van der Waals surface area contributed by atoms with Gasteiger partial charge in [0, 0.05) is 11.6 Å². The summed E-state index contributed by atoms with van der Waals surface area (Å²) in [5.41, 5.74) is 1.12. The van der Waals surface area contributed by atoms with Crippen molar-refractivity contribution in [3.8, 4) is 0 Å². The number of hydrogen-bond donors (Lipinski definition) is 0. The summed E-state index contributed by atoms with van der Waals surface area (Å²) in [6.45, 7) is 0.0683. The molecule has 23 heavy (non-hydrogen) atoms. The summed E-state index contributed by atoms with van der Waals surface area (Å²) in [6.07, 6.45) is -0.137. The Balaban J connectivity index is 1.65. The Morgan fingerprint density at radius 3 is 2.70 bits per heavy atom. The van der Waals surface area contributed by atoms with Crippen molar-refractivity contribution < 1.29 is 14.5 Å². The molecule has 0 saturated heterocycles. The van der Waals surface area contributed by atoms with E-state index in [1.54, 1.807) is 18.2 Å². The van der Waals surface area contributed by atoms with Gasteiger partial charge in [-0.05, 0) is 12.1 Å². The summed E-state index contributed by atoms with van der Waals surface area (Å²) in [5.74, 6) is -0.515. The van der Waals surface area contributed by atoms with Crippen molar-refractivity contribution in [2.24, 2.45) is 0 Å². The molecule has 0 spiro atoms. The number of aromatic nitrogens is 1. The van der Waals surface area contributed by atoms with Gasteiger partial charge in [-0.1, -0.05) is 30.3 Å². The third-order valence-corrected chi connectivity index (χ3v) is 4.23. The molecule has 0 unspecified atom stereocenters. The Hall–Kier alpha value is -2.80. The molecule has 0 saturated carbocycles. The van der Waals surface area contributed by atoms with Crippen LogP contribution in [0.1, 0.15) is 10.6 Å². The molecule has 0 N–H and O–H groups in total. The molecule has 0 radical (unpaired) electrons. The molecular formula is C16H12N2O4S. The van der Waals surface area contributed by atoms with Gasteiger partial charge in [0.25, 0.3) is 5.69 Å². The molecule has 3 rings (SSSR count). The summed E-state index contributed by atoms with van der Waals surface area (Å²) < 4.78 is 6.21. The molecule has 0 amide bonds. The summed E-state index contributed by atoms with van der Waals surface area (Å²) in [6, 6.07) is 13.8. The Morgan fingerprint density at radius 1 is 1.17 bits per heavy atom. The summed E-state index contributed by atoms with van der Waals surface area (Å²) >= 11 is 1.46. The molecule has 0 bridgehead atoms. The lowest BCUT2D eigenvalue weighted by atomic mass is 10.1. The number of carbonyl (C=O) groups excluding carboxylic acids is 1. The third kappa shape index (κ3) is 3.51. The Bertz CT molecular complexity index is 842. The molecule has 0 aliphatic heterocycles. The van der Waals surface area contributed by atoms with Crippen molar-refractivity contribution in [2.75, 3.05) is 0 Å². The average Bonchev–Trinajstić information content (AvgIpc) is 2.96. The van der Waals surface area contributed by atoms with Crippen molar-refractivity contribution in [3.63, 3.8) is 0 Å². The van der Waals surface area contributed by atoms with Crippen LogP contribution in [0.5, 0.6) is 0 Å². The zero-order valence-corrected chi connectivity index (χ0v) is 12.8. The molecule has 0 fully saturated rings. The van der Waals surface area contributed by atoms with Crippen LogP contribution in [0.4, 0.5) is 5.69 Å². The van der Waals surface area contributed by atoms with E-state index in [9.17, 15) is 14.9 Å². The molecule has 7 heteroatoms. The lowest BCUT2D eigenvalue weighted by molar-refractivity contribution is -0.385. The Morgan fingerprint density at radius 2 is 1.91 bits per heavy atom. The quantitative estimate of drug-likeness (QED) is 0.407. The highest BCUT2D eigenvalue weighted by Gasteiger charge is 2.16. The predicted octanol–water partition coefficient (Wildman–Crippen LogP) is 3.49. The second-order valence-electron chi connectivity index (χ2n) is 4.80. The first-order chi connectivity index (χ1) is 11.1. The van der Waals surface area contributed by atoms with E-state index in [0.717, 1.165) is 10.2 Å². The zero-order valence-electron chi connectivity index (χ0n) is 12.0. The van der Waals surface area contributed by atoms with Crippen LogP contribution >= 0.6 is 11.3 Å². The third-order valence-electron chi connectivity index (χ3n) is 3.22. The summed E-state index contributed by atoms with van der Waals surface area (Å²) in [7, 11) is 0. The lowest BCUT2D eigenvalue weighted by Crippen LogP contribution is -2.09. The topological polar surface area (TPSA) is 82.3 Å². The van der Waals surface area contributed by atoms with Gasteiger partial charge in [-0.15, -0.1) is 11.3 Å². The average molecular weight is 328 g/mol. The molecule has 0 aliphatic carbocycles. The molecule has 1 aromatic heterocycles. The fourth-order valence-electron chi connectivity index (χ4n) is 2.17. The van der Waals surface area contributed by atoms with Gasteiger partial charge in [0.15, 0.2) is 0 Å². The van der Waals surface area contributed by atoms with E-state index in [4.69, 9.17) is 4.74 Å². The molecule has 116 valence electrons. The molecule has 3 aromatic rings. The van der Waals surface area contributed by atoms with Crippen LogP contribution < -0.4 is 0 Å². The fourth-order valence-corrected chi connectivity index (χ4v) is 3.05. The molecular weight excluding hydrogens is 316 g/mol. The first-order valence-electron chi connectivity index (χ1n) is 6.86. The standard InChI is InChI=1S/C16H12N2O4S/c19-16(9-11-5-1-3-7-13(11)18(20)21)22-10-15-17-12-6-2-4-8-14(12)23-15/h1-8H,9-10H2. The van der Waals surface area contributed by atoms with Crippen molar-refractivity contribution in [3.05, 3.63) is 69.2 Å². The maximum Gasteiger partial charge on any atom is 0.310 e. The number of fused-ring (bicyclic) bond motifs is 1. The van der Waals surface area contributed by atoms with Crippen molar-refractivity contribution in [1.82, 2.24) is 4.98 Å². The van der Waals surface area contributed by atoms with Gasteiger partial charge in [-0.2, -0.15) is 0 Å². The molecule has 0 atom stereocenters. The van der Waals surface area contributed by atoms with Gasteiger partial charge >= 0.3 is 5.97 Å². The highest BCUT2D eigenvalue weighted by atomic mass is 32.1. The predicted molar refractivity (Wildman–Crippen MR) is 86.2 cm³/mol. The SMILES string of the molecule is O=C(Cc1ccccc1[N+](=O)[O-])OCc1nc2ccccc2s1. The van der Waals surface area contributed by atoms with E-state index in [0.29, 0.717) is 10.6 Å². The smallest absolute Gasteiger partial charge is 0.310 e. The molecule has 1 heterocycles. The van der Waals surface area contributed by atoms with E-state index in [1.165, 1.54) is 17.4 Å². The van der Waals surface area contributed by atoms with Crippen LogP contribution in [0.3, 0.4) is 0 Å². The number of para-hydroxylation sites is 2. The normalized spacial score (nSPS) is 10.6. The number of ether oxygens (including phenoxy) is 1. The number of esters is 1. The van der Waals surface area contributed by atoms with E-state index in [2.05, 4.69) is 4.98 Å². The fraction of sp³-hybridized carbons (Fsp3) is 0.125. The van der Waals surface area contributed by atoms with E-state index >= 15 is 0 Å². The van der Waals surface area contributed by atoms with Crippen LogP contribution in [-0.4, -0.2) is 15.9 Å². The van der Waals surface area contributed by atoms with Crippen LogP contribution in [0.2, 0.25) is 0 Å². The van der Waals surface area contributed by atoms with Crippen LogP contribution in [0.15, 0.2) is 48.5 Å². The maximum atomic E-state index is 11.9. The zero-order chi connectivity index (χ0) is 16.2. The highest BCUT2D eigenvalue weighted by Crippen LogP contribution is 2.22. The number of nitro groups is 1. The van der Waals surface area contributed by atoms with Crippen LogP contribution in [-0.2, 0) is 22.6 Å². The van der Waals surface area contributed by atoms with Crippen LogP contribution in [0.25, 0.3) is 10.2 Å². The number of rotatable bonds is 5. The van der Waals surface area contributed by atoms with E-state index < -0.39 is 10.9 Å². The number of thiazole rings is 1. The maximum absolute atomic E-state index is 11.9. The Kier molecular flexibility index (Phi) is 4.29. The number of carbonyl (C=O) groups is 1. The monoisotopic (exact) mass is 328 g/mol. The van der Waals surface area contributed by atoms with Crippen molar-refractivity contribution >= 4 is 33.2 Å². The van der Waals surface area contributed by atoms with Gasteiger partial charge in [0.05, 0.1) is 21.6 Å². The highest BCUT2D eigenvalue weighted by molar-refractivity contribution is 7.18. The molecule has 0 aliphatic rings. The molecule has 2 aromatic carbocycles. The first-order valence-corrected chi connectivity index (χ1v) is 7.67. The summed E-state index contributed by atoms with van der Waals surface area (Å²) in [5, 5.41) is 11.6. The first kappa shape index (κ1) is 15.1. The number of nitro benzene ring substituents is 1. The molecule has 6 nitrogen and oxygen atoms in total. The minimum Gasteiger partial charge on any atom is -0.458 e. The largest absolute Gasteiger partial charge is 0.458 e. The second-order valence-corrected chi connectivity index (χ2v) is 5.91. The van der Waals surface area contributed by atoms with Gasteiger partial charge in [-0.3, -0.25) is 14.9 Å². The van der Waals surface area contributed by atoms with Gasteiger partial charge in [0.1, 0.15) is 11.6 Å². The second kappa shape index (κ2) is 6.53. The minimum atomic E-state index is -0.515. The van der Waals surface area contributed by atoms with Crippen molar-refractivity contribution in [1.29, 1.82) is 0 Å². The van der Waals surface area contributed by atoms with Crippen LogP contribution in [0, 0.1) is 10.1 Å². The van der Waals surface area contributed by atoms with E-state index in [1.807, 2.05) is 24.3 Å². The van der Waals surface area contributed by atoms with Gasteiger partial charge in [-0.25, -0.2) is 4.98 Å². The van der Waals surface area contributed by atoms with Crippen molar-refractivity contribution in [2.45, 2.75) is 13.0 Å². The van der Waals surface area contributed by atoms with Gasteiger partial charge < -0.3 is 4.74 Å². The minimum absolute atomic E-state index is 0.0683. The van der Waals surface area contributed by atoms with E-state index in [-0.39, 0.29) is 18.7 Å². The lowest BCUT2D eigenvalue weighted by Gasteiger charge is -2.03. The number of benzene rings is 2. The van der Waals surface area contributed by atoms with Gasteiger partial charge in [0.2, 0.25) is 0 Å².